The van der Waals surface area contributed by atoms with Gasteiger partial charge in [0.2, 0.25) is 15.9 Å². The molecule has 10 heteroatoms. The molecule has 1 fully saturated rings. The molecule has 0 radical (unpaired) electrons. The number of hydrogen-bond donors (Lipinski definition) is 1. The lowest BCUT2D eigenvalue weighted by molar-refractivity contribution is -0.117. The summed E-state index contributed by atoms with van der Waals surface area (Å²) in [5.74, 6) is -0.432. The molecule has 2 heterocycles. The van der Waals surface area contributed by atoms with Crippen LogP contribution in [0.15, 0.2) is 33.7 Å². The first-order valence-corrected chi connectivity index (χ1v) is 9.92. The summed E-state index contributed by atoms with van der Waals surface area (Å²) in [7, 11) is -3.68. The van der Waals surface area contributed by atoms with Crippen molar-refractivity contribution < 1.29 is 22.1 Å². The summed E-state index contributed by atoms with van der Waals surface area (Å²) in [5.41, 5.74) is 0.726. The number of nitrogens with zero attached hydrogens (tertiary/aromatic N) is 3. The Hall–Kier alpha value is -2.30. The summed E-state index contributed by atoms with van der Waals surface area (Å²) in [6.45, 7) is 4.63. The molecule has 0 saturated carbocycles. The Morgan fingerprint density at radius 3 is 2.56 bits per heavy atom. The van der Waals surface area contributed by atoms with Crippen molar-refractivity contribution >= 4 is 21.6 Å². The smallest absolute Gasteiger partial charge is 0.248 e. The van der Waals surface area contributed by atoms with Gasteiger partial charge in [-0.1, -0.05) is 11.2 Å². The molecule has 1 aromatic carbocycles. The topological polar surface area (TPSA) is 95.8 Å². The molecule has 1 aliphatic rings. The number of benzene rings is 1. The molecule has 1 N–H and O–H groups in total. The Balaban J connectivity index is 1.56. The van der Waals surface area contributed by atoms with E-state index in [-0.39, 0.29) is 36.2 Å². The first-order valence-electron chi connectivity index (χ1n) is 8.48. The molecular weight excluding hydrogens is 375 g/mol. The maximum Gasteiger partial charge on any atom is 0.248 e. The van der Waals surface area contributed by atoms with Crippen molar-refractivity contribution in [2.45, 2.75) is 18.7 Å². The lowest BCUT2D eigenvalue weighted by atomic mass is 10.3. The zero-order valence-electron chi connectivity index (χ0n) is 15.1. The predicted molar refractivity (Wildman–Crippen MR) is 96.2 cm³/mol. The summed E-state index contributed by atoms with van der Waals surface area (Å²) < 4.78 is 45.1. The maximum atomic E-state index is 13.2. The molecule has 0 atom stereocenters. The van der Waals surface area contributed by atoms with Gasteiger partial charge in [-0.05, 0) is 32.0 Å². The summed E-state index contributed by atoms with van der Waals surface area (Å²) in [6, 6.07) is 5.67. The lowest BCUT2D eigenvalue weighted by Crippen LogP contribution is -2.50. The van der Waals surface area contributed by atoms with E-state index in [9.17, 15) is 17.6 Å². The van der Waals surface area contributed by atoms with Crippen LogP contribution in [0.2, 0.25) is 0 Å². The molecule has 27 heavy (non-hydrogen) atoms. The highest BCUT2D eigenvalue weighted by Crippen LogP contribution is 2.24. The highest BCUT2D eigenvalue weighted by atomic mass is 32.2. The van der Waals surface area contributed by atoms with Crippen LogP contribution in [0, 0.1) is 19.7 Å². The zero-order chi connectivity index (χ0) is 19.6. The van der Waals surface area contributed by atoms with Crippen LogP contribution in [0.3, 0.4) is 0 Å². The monoisotopic (exact) mass is 396 g/mol. The largest absolute Gasteiger partial charge is 0.360 e. The van der Waals surface area contributed by atoms with Gasteiger partial charge >= 0.3 is 0 Å². The quantitative estimate of drug-likeness (QED) is 0.820. The number of carbonyl (C=O) groups excluding carboxylic acids is 1. The molecule has 1 saturated heterocycles. The van der Waals surface area contributed by atoms with E-state index in [1.165, 1.54) is 22.5 Å². The summed E-state index contributed by atoms with van der Waals surface area (Å²) in [4.78, 5) is 14.1. The number of hydrogen-bond acceptors (Lipinski definition) is 6. The van der Waals surface area contributed by atoms with Gasteiger partial charge in [0.25, 0.3) is 0 Å². The number of sulfonamides is 1. The third kappa shape index (κ3) is 4.34. The highest BCUT2D eigenvalue weighted by molar-refractivity contribution is 7.89. The number of aryl methyl sites for hydroxylation is 2. The number of aromatic nitrogens is 1. The fraction of sp³-hybridized carbons (Fsp3) is 0.412. The second-order valence-corrected chi connectivity index (χ2v) is 8.27. The van der Waals surface area contributed by atoms with E-state index >= 15 is 0 Å². The van der Waals surface area contributed by atoms with E-state index in [1.54, 1.807) is 19.9 Å². The standard InChI is InChI=1S/C17H21FN4O4S/c1-12-17(13(2)26-20-12)27(24,25)22-8-6-21(7-9-22)11-16(23)19-15-5-3-4-14(18)10-15/h3-5,10H,6-9,11H2,1-2H3,(H,19,23). The molecule has 0 unspecified atom stereocenters. The van der Waals surface area contributed by atoms with Gasteiger partial charge in [0.1, 0.15) is 16.4 Å². The molecular formula is C17H21FN4O4S. The van der Waals surface area contributed by atoms with Gasteiger partial charge in [0.15, 0.2) is 5.76 Å². The van der Waals surface area contributed by atoms with Gasteiger partial charge < -0.3 is 9.84 Å². The van der Waals surface area contributed by atoms with Crippen LogP contribution >= 0.6 is 0 Å². The van der Waals surface area contributed by atoms with Crippen molar-refractivity contribution in [3.63, 3.8) is 0 Å². The molecule has 1 amide bonds. The molecule has 0 bridgehead atoms. The van der Waals surface area contributed by atoms with Crippen LogP contribution in [0.4, 0.5) is 10.1 Å². The molecule has 1 aliphatic heterocycles. The minimum atomic E-state index is -3.68. The van der Waals surface area contributed by atoms with E-state index in [0.29, 0.717) is 24.5 Å². The van der Waals surface area contributed by atoms with E-state index < -0.39 is 15.8 Å². The van der Waals surface area contributed by atoms with Gasteiger partial charge in [-0.15, -0.1) is 0 Å². The first-order chi connectivity index (χ1) is 12.8. The Morgan fingerprint density at radius 2 is 1.96 bits per heavy atom. The van der Waals surface area contributed by atoms with E-state index in [1.807, 2.05) is 4.90 Å². The molecule has 0 spiro atoms. The predicted octanol–water partition coefficient (Wildman–Crippen LogP) is 1.38. The first kappa shape index (κ1) is 19.5. The van der Waals surface area contributed by atoms with E-state index in [2.05, 4.69) is 10.5 Å². The summed E-state index contributed by atoms with van der Waals surface area (Å²) in [6.07, 6.45) is 0. The van der Waals surface area contributed by atoms with Crippen molar-refractivity contribution in [1.29, 1.82) is 0 Å². The second kappa shape index (κ2) is 7.75. The van der Waals surface area contributed by atoms with Crippen molar-refractivity contribution in [3.8, 4) is 0 Å². The van der Waals surface area contributed by atoms with Crippen LogP contribution in [0.1, 0.15) is 11.5 Å². The van der Waals surface area contributed by atoms with Crippen molar-refractivity contribution in [2.24, 2.45) is 0 Å². The third-order valence-electron chi connectivity index (χ3n) is 4.37. The molecule has 2 aromatic rings. The summed E-state index contributed by atoms with van der Waals surface area (Å²) in [5, 5.41) is 6.34. The minimum Gasteiger partial charge on any atom is -0.360 e. The number of carbonyl (C=O) groups is 1. The van der Waals surface area contributed by atoms with Crippen LogP contribution in [-0.4, -0.2) is 61.4 Å². The molecule has 8 nitrogen and oxygen atoms in total. The molecule has 3 rings (SSSR count). The fourth-order valence-corrected chi connectivity index (χ4v) is 4.78. The van der Waals surface area contributed by atoms with E-state index in [0.717, 1.165) is 0 Å². The average Bonchev–Trinajstić information content (AvgIpc) is 2.94. The van der Waals surface area contributed by atoms with Crippen LogP contribution in [0.5, 0.6) is 0 Å². The van der Waals surface area contributed by atoms with Gasteiger partial charge in [0, 0.05) is 31.9 Å². The van der Waals surface area contributed by atoms with Crippen molar-refractivity contribution in [3.05, 3.63) is 41.5 Å². The highest BCUT2D eigenvalue weighted by Gasteiger charge is 2.33. The number of anilines is 1. The number of amides is 1. The third-order valence-corrected chi connectivity index (χ3v) is 6.52. The number of nitrogens with one attached hydrogen (secondary N) is 1. The van der Waals surface area contributed by atoms with Gasteiger partial charge in [-0.25, -0.2) is 12.8 Å². The minimum absolute atomic E-state index is 0.107. The molecule has 1 aromatic heterocycles. The van der Waals surface area contributed by atoms with Gasteiger partial charge in [-0.2, -0.15) is 4.31 Å². The van der Waals surface area contributed by atoms with Crippen molar-refractivity contribution in [1.82, 2.24) is 14.4 Å². The zero-order valence-corrected chi connectivity index (χ0v) is 15.9. The van der Waals surface area contributed by atoms with E-state index in [4.69, 9.17) is 4.52 Å². The Bertz CT molecular complexity index is 917. The fourth-order valence-electron chi connectivity index (χ4n) is 3.07. The second-order valence-electron chi connectivity index (χ2n) is 6.39. The van der Waals surface area contributed by atoms with Crippen LogP contribution < -0.4 is 5.32 Å². The number of piperazine rings is 1. The summed E-state index contributed by atoms with van der Waals surface area (Å²) >= 11 is 0. The van der Waals surface area contributed by atoms with Gasteiger partial charge in [-0.3, -0.25) is 9.69 Å². The van der Waals surface area contributed by atoms with Gasteiger partial charge in [0.05, 0.1) is 6.54 Å². The Kier molecular flexibility index (Phi) is 5.59. The number of rotatable bonds is 5. The lowest BCUT2D eigenvalue weighted by Gasteiger charge is -2.33. The molecule has 146 valence electrons. The maximum absolute atomic E-state index is 13.2. The number of halogens is 1. The Morgan fingerprint density at radius 1 is 1.26 bits per heavy atom. The normalized spacial score (nSPS) is 16.4. The average molecular weight is 396 g/mol. The Labute approximate surface area is 157 Å². The van der Waals surface area contributed by atoms with Crippen LogP contribution in [0.25, 0.3) is 0 Å². The van der Waals surface area contributed by atoms with Crippen LogP contribution in [-0.2, 0) is 14.8 Å². The van der Waals surface area contributed by atoms with Crippen molar-refractivity contribution in [2.75, 3.05) is 38.0 Å². The molecule has 0 aliphatic carbocycles. The SMILES string of the molecule is Cc1noc(C)c1S(=O)(=O)N1CCN(CC(=O)Nc2cccc(F)c2)CC1.